The van der Waals surface area contributed by atoms with E-state index in [2.05, 4.69) is 6.92 Å². The fourth-order valence-electron chi connectivity index (χ4n) is 2.42. The highest BCUT2D eigenvalue weighted by molar-refractivity contribution is 4.54. The molecular formula is C18H44N4. The highest BCUT2D eigenvalue weighted by atomic mass is 14.5. The molecule has 22 heavy (non-hydrogen) atoms. The summed E-state index contributed by atoms with van der Waals surface area (Å²) in [7, 11) is 0. The number of rotatable bonds is 15. The second-order valence-electron chi connectivity index (χ2n) is 6.37. The van der Waals surface area contributed by atoms with Gasteiger partial charge < -0.3 is 22.9 Å². The molecule has 0 fully saturated rings. The second kappa shape index (κ2) is 23.1. The lowest BCUT2D eigenvalue weighted by atomic mass is 10.0. The van der Waals surface area contributed by atoms with E-state index in [1.165, 1.54) is 64.2 Å². The largest absolute Gasteiger partial charge is 0.330 e. The van der Waals surface area contributed by atoms with Crippen molar-refractivity contribution in [3.05, 3.63) is 0 Å². The summed E-state index contributed by atoms with van der Waals surface area (Å²) in [6.45, 7) is 5.61. The van der Waals surface area contributed by atoms with Crippen LogP contribution in [0.4, 0.5) is 0 Å². The summed E-state index contributed by atoms with van der Waals surface area (Å²) < 4.78 is 0. The molecule has 0 aromatic rings. The molecule has 0 saturated heterocycles. The molecule has 0 saturated carbocycles. The predicted molar refractivity (Wildman–Crippen MR) is 101 cm³/mol. The normalized spacial score (nSPS) is 11.9. The Hall–Kier alpha value is -0.160. The van der Waals surface area contributed by atoms with Crippen molar-refractivity contribution in [2.24, 2.45) is 28.9 Å². The number of hydrogen-bond donors (Lipinski definition) is 4. The van der Waals surface area contributed by atoms with Gasteiger partial charge in [-0.1, -0.05) is 58.3 Å². The highest BCUT2D eigenvalue weighted by Gasteiger charge is 1.98. The third kappa shape index (κ3) is 24.8. The molecule has 0 aromatic carbocycles. The van der Waals surface area contributed by atoms with E-state index in [1.807, 2.05) is 0 Å². The third-order valence-electron chi connectivity index (χ3n) is 3.97. The van der Waals surface area contributed by atoms with Crippen molar-refractivity contribution < 1.29 is 0 Å². The van der Waals surface area contributed by atoms with E-state index in [-0.39, 0.29) is 0 Å². The molecule has 4 heteroatoms. The van der Waals surface area contributed by atoms with Gasteiger partial charge in [0.15, 0.2) is 0 Å². The lowest BCUT2D eigenvalue weighted by molar-refractivity contribution is 0.474. The van der Waals surface area contributed by atoms with Gasteiger partial charge in [0, 0.05) is 0 Å². The van der Waals surface area contributed by atoms with E-state index in [0.29, 0.717) is 0 Å². The second-order valence-corrected chi connectivity index (χ2v) is 6.37. The van der Waals surface area contributed by atoms with Crippen LogP contribution in [0.25, 0.3) is 0 Å². The van der Waals surface area contributed by atoms with Gasteiger partial charge in [0.05, 0.1) is 0 Å². The van der Waals surface area contributed by atoms with E-state index in [4.69, 9.17) is 22.9 Å². The van der Waals surface area contributed by atoms with Crippen molar-refractivity contribution >= 4 is 0 Å². The zero-order chi connectivity index (χ0) is 16.9. The van der Waals surface area contributed by atoms with Crippen molar-refractivity contribution in [3.8, 4) is 0 Å². The zero-order valence-electron chi connectivity index (χ0n) is 15.2. The van der Waals surface area contributed by atoms with Crippen LogP contribution in [0, 0.1) is 5.92 Å². The van der Waals surface area contributed by atoms with Gasteiger partial charge in [-0.05, 0) is 57.8 Å². The molecule has 0 amide bonds. The Morgan fingerprint density at radius 2 is 0.818 bits per heavy atom. The van der Waals surface area contributed by atoms with Crippen LogP contribution in [-0.4, -0.2) is 26.2 Å². The van der Waals surface area contributed by atoms with E-state index < -0.39 is 0 Å². The Labute approximate surface area is 139 Å². The molecule has 0 bridgehead atoms. The number of hydrogen-bond acceptors (Lipinski definition) is 4. The molecule has 4 nitrogen and oxygen atoms in total. The summed E-state index contributed by atoms with van der Waals surface area (Å²) in [5.41, 5.74) is 21.6. The third-order valence-corrected chi connectivity index (χ3v) is 3.97. The van der Waals surface area contributed by atoms with E-state index >= 15 is 0 Å². The Balaban J connectivity index is 0. The van der Waals surface area contributed by atoms with Crippen LogP contribution in [0.1, 0.15) is 84.0 Å². The molecule has 0 aromatic heterocycles. The van der Waals surface area contributed by atoms with Gasteiger partial charge in [0.25, 0.3) is 0 Å². The van der Waals surface area contributed by atoms with Gasteiger partial charge >= 0.3 is 0 Å². The lowest BCUT2D eigenvalue weighted by Crippen LogP contribution is -2.06. The minimum absolute atomic E-state index is 0.788. The first-order valence-electron chi connectivity index (χ1n) is 9.53. The maximum absolute atomic E-state index is 5.41. The standard InChI is InChI=1S/C10H24N2.C8H20N2/c11-9-7-5-3-1-2-4-6-8-10-12;1-8(5-7-10)4-2-3-6-9/h1-12H2;8H,2-7,9-10H2,1H3. The van der Waals surface area contributed by atoms with Crippen LogP contribution in [0.15, 0.2) is 0 Å². The molecule has 1 atom stereocenters. The van der Waals surface area contributed by atoms with Crippen LogP contribution >= 0.6 is 0 Å². The fourth-order valence-corrected chi connectivity index (χ4v) is 2.42. The zero-order valence-corrected chi connectivity index (χ0v) is 15.2. The van der Waals surface area contributed by atoms with Gasteiger partial charge in [0.1, 0.15) is 0 Å². The molecule has 1 unspecified atom stereocenters. The summed E-state index contributed by atoms with van der Waals surface area (Å²) in [5.74, 6) is 0.788. The first kappa shape index (κ1) is 24.1. The maximum atomic E-state index is 5.41. The van der Waals surface area contributed by atoms with Gasteiger partial charge in [-0.15, -0.1) is 0 Å². The van der Waals surface area contributed by atoms with Crippen molar-refractivity contribution in [1.29, 1.82) is 0 Å². The lowest BCUT2D eigenvalue weighted by Gasteiger charge is -2.07. The van der Waals surface area contributed by atoms with Gasteiger partial charge in [-0.3, -0.25) is 0 Å². The summed E-state index contributed by atoms with van der Waals surface area (Å²) >= 11 is 0. The van der Waals surface area contributed by atoms with Crippen LogP contribution in [0.2, 0.25) is 0 Å². The Morgan fingerprint density at radius 1 is 0.455 bits per heavy atom. The SMILES string of the molecule is CC(CCN)CCCCN.NCCCCCCCCCCN. The van der Waals surface area contributed by atoms with Crippen LogP contribution in [0.3, 0.4) is 0 Å². The predicted octanol–water partition coefficient (Wildman–Crippen LogP) is 3.12. The molecule has 0 aliphatic heterocycles. The minimum atomic E-state index is 0.788. The Morgan fingerprint density at radius 3 is 1.18 bits per heavy atom. The van der Waals surface area contributed by atoms with Crippen molar-refractivity contribution in [2.75, 3.05) is 26.2 Å². The molecule has 136 valence electrons. The van der Waals surface area contributed by atoms with Gasteiger partial charge in [0.2, 0.25) is 0 Å². The topological polar surface area (TPSA) is 104 Å². The molecule has 0 heterocycles. The van der Waals surface area contributed by atoms with Crippen molar-refractivity contribution in [3.63, 3.8) is 0 Å². The number of unbranched alkanes of at least 4 members (excludes halogenated alkanes) is 8. The Kier molecular flexibility index (Phi) is 25.3. The van der Waals surface area contributed by atoms with Crippen LogP contribution < -0.4 is 22.9 Å². The van der Waals surface area contributed by atoms with Crippen LogP contribution in [-0.2, 0) is 0 Å². The molecule has 0 rings (SSSR count). The van der Waals surface area contributed by atoms with E-state index in [9.17, 15) is 0 Å². The molecule has 8 N–H and O–H groups in total. The first-order valence-corrected chi connectivity index (χ1v) is 9.53. The summed E-state index contributed by atoms with van der Waals surface area (Å²) in [4.78, 5) is 0. The van der Waals surface area contributed by atoms with Gasteiger partial charge in [-0.25, -0.2) is 0 Å². The molecule has 0 aliphatic rings. The maximum Gasteiger partial charge on any atom is -0.00747 e. The van der Waals surface area contributed by atoms with Crippen molar-refractivity contribution in [2.45, 2.75) is 84.0 Å². The van der Waals surface area contributed by atoms with E-state index in [0.717, 1.165) is 44.9 Å². The monoisotopic (exact) mass is 316 g/mol. The van der Waals surface area contributed by atoms with Crippen molar-refractivity contribution in [1.82, 2.24) is 0 Å². The molecule has 0 aliphatic carbocycles. The first-order chi connectivity index (χ1) is 10.7. The Bertz CT molecular complexity index is 166. The fraction of sp³-hybridized carbons (Fsp3) is 1.00. The van der Waals surface area contributed by atoms with E-state index in [1.54, 1.807) is 0 Å². The number of nitrogens with two attached hydrogens (primary N) is 4. The highest BCUT2D eigenvalue weighted by Crippen LogP contribution is 2.09. The minimum Gasteiger partial charge on any atom is -0.330 e. The summed E-state index contributed by atoms with van der Waals surface area (Å²) in [5, 5.41) is 0. The smallest absolute Gasteiger partial charge is 0.00747 e. The molecule has 0 spiro atoms. The average molecular weight is 317 g/mol. The summed E-state index contributed by atoms with van der Waals surface area (Å²) in [6.07, 6.45) is 15.4. The quantitative estimate of drug-likeness (QED) is 0.348. The molecular weight excluding hydrogens is 272 g/mol. The van der Waals surface area contributed by atoms with Gasteiger partial charge in [-0.2, -0.15) is 0 Å². The average Bonchev–Trinajstić information content (AvgIpc) is 2.51. The summed E-state index contributed by atoms with van der Waals surface area (Å²) in [6, 6.07) is 0. The van der Waals surface area contributed by atoms with Crippen LogP contribution in [0.5, 0.6) is 0 Å². The molecule has 0 radical (unpaired) electrons.